The van der Waals surface area contributed by atoms with Crippen LogP contribution in [0.5, 0.6) is 0 Å². The topological polar surface area (TPSA) is 26.3 Å². The molecule has 0 aromatic heterocycles. The van der Waals surface area contributed by atoms with Crippen molar-refractivity contribution in [1.82, 2.24) is 0 Å². The van der Waals surface area contributed by atoms with Gasteiger partial charge in [0.15, 0.2) is 0 Å². The Morgan fingerprint density at radius 1 is 1.29 bits per heavy atom. The Kier molecular flexibility index (Phi) is 5.64. The Bertz CT molecular complexity index is 245. The second-order valence-electron chi connectivity index (χ2n) is 6.57. The molecule has 100 valence electrons. The second-order valence-corrected chi connectivity index (χ2v) is 6.57. The predicted octanol–water partition coefficient (Wildman–Crippen LogP) is 3.98. The van der Waals surface area contributed by atoms with Crippen molar-refractivity contribution in [2.24, 2.45) is 11.3 Å². The van der Waals surface area contributed by atoms with Gasteiger partial charge in [-0.2, -0.15) is 0 Å². The van der Waals surface area contributed by atoms with E-state index in [2.05, 4.69) is 20.8 Å². The van der Waals surface area contributed by atoms with E-state index in [9.17, 15) is 4.79 Å². The van der Waals surface area contributed by atoms with E-state index in [4.69, 9.17) is 4.74 Å². The Morgan fingerprint density at radius 3 is 2.59 bits per heavy atom. The summed E-state index contributed by atoms with van der Waals surface area (Å²) in [6, 6.07) is 0. The number of unbranched alkanes of at least 4 members (excludes halogenated alkanes) is 1. The minimum atomic E-state index is 0.289. The molecule has 1 fully saturated rings. The van der Waals surface area contributed by atoms with Gasteiger partial charge in [-0.25, -0.2) is 0 Å². The Morgan fingerprint density at radius 2 is 2.00 bits per heavy atom. The van der Waals surface area contributed by atoms with E-state index in [0.29, 0.717) is 17.9 Å². The monoisotopic (exact) mass is 240 g/mol. The first-order valence-corrected chi connectivity index (χ1v) is 7.00. The molecule has 0 aromatic rings. The lowest BCUT2D eigenvalue weighted by atomic mass is 9.71. The van der Waals surface area contributed by atoms with Crippen LogP contribution in [-0.4, -0.2) is 18.5 Å². The van der Waals surface area contributed by atoms with Crippen molar-refractivity contribution in [2.75, 3.05) is 6.61 Å². The van der Waals surface area contributed by atoms with Crippen molar-refractivity contribution >= 4 is 5.78 Å². The van der Waals surface area contributed by atoms with Crippen LogP contribution in [0.4, 0.5) is 0 Å². The van der Waals surface area contributed by atoms with Crippen LogP contribution in [-0.2, 0) is 9.53 Å². The second kappa shape index (κ2) is 6.53. The molecule has 1 rings (SSSR count). The molecule has 17 heavy (non-hydrogen) atoms. The first kappa shape index (κ1) is 14.7. The molecular weight excluding hydrogens is 212 g/mol. The minimum absolute atomic E-state index is 0.289. The van der Waals surface area contributed by atoms with E-state index in [-0.39, 0.29) is 5.78 Å². The Balaban J connectivity index is 2.16. The number of Topliss-reactive ketones (excluding diaryl/α,β-unsaturated/α-hetero) is 1. The zero-order valence-electron chi connectivity index (χ0n) is 11.9. The highest BCUT2D eigenvalue weighted by atomic mass is 16.5. The number of rotatable bonds is 6. The molecule has 1 aliphatic carbocycles. The largest absolute Gasteiger partial charge is 0.378 e. The molecular formula is C15H28O2. The summed E-state index contributed by atoms with van der Waals surface area (Å²) in [5.41, 5.74) is 0.432. The van der Waals surface area contributed by atoms with Crippen LogP contribution in [0.3, 0.4) is 0 Å². The molecule has 0 radical (unpaired) electrons. The lowest BCUT2D eigenvalue weighted by Gasteiger charge is -2.38. The fraction of sp³-hybridized carbons (Fsp3) is 0.933. The first-order valence-electron chi connectivity index (χ1n) is 7.00. The SMILES string of the molecule is CC(=O)CCCCOC1CC(C)CC(C)(C)C1. The van der Waals surface area contributed by atoms with Crippen molar-refractivity contribution < 1.29 is 9.53 Å². The van der Waals surface area contributed by atoms with E-state index in [0.717, 1.165) is 25.4 Å². The average Bonchev–Trinajstić information content (AvgIpc) is 2.13. The zero-order valence-corrected chi connectivity index (χ0v) is 11.9. The number of ether oxygens (including phenoxy) is 1. The van der Waals surface area contributed by atoms with Gasteiger partial charge in [-0.3, -0.25) is 0 Å². The zero-order chi connectivity index (χ0) is 12.9. The summed E-state index contributed by atoms with van der Waals surface area (Å²) >= 11 is 0. The van der Waals surface area contributed by atoms with Crippen LogP contribution in [0.15, 0.2) is 0 Å². The van der Waals surface area contributed by atoms with E-state index in [1.807, 2.05) is 0 Å². The summed E-state index contributed by atoms with van der Waals surface area (Å²) in [5, 5.41) is 0. The minimum Gasteiger partial charge on any atom is -0.378 e. The van der Waals surface area contributed by atoms with Gasteiger partial charge in [0.1, 0.15) is 5.78 Å². The van der Waals surface area contributed by atoms with E-state index in [1.54, 1.807) is 6.92 Å². The molecule has 0 amide bonds. The Labute approximate surface area is 106 Å². The maximum absolute atomic E-state index is 10.8. The molecule has 2 atom stereocenters. The van der Waals surface area contributed by atoms with Crippen LogP contribution in [0, 0.1) is 11.3 Å². The van der Waals surface area contributed by atoms with Gasteiger partial charge in [-0.1, -0.05) is 20.8 Å². The predicted molar refractivity (Wildman–Crippen MR) is 71.1 cm³/mol. The standard InChI is InChI=1S/C15H28O2/c1-12-9-14(11-15(3,4)10-12)17-8-6-5-7-13(2)16/h12,14H,5-11H2,1-4H3. The number of carbonyl (C=O) groups excluding carboxylic acids is 1. The van der Waals surface area contributed by atoms with E-state index >= 15 is 0 Å². The summed E-state index contributed by atoms with van der Waals surface area (Å²) in [4.78, 5) is 10.8. The highest BCUT2D eigenvalue weighted by Crippen LogP contribution is 2.39. The third-order valence-corrected chi connectivity index (χ3v) is 3.62. The molecule has 2 nitrogen and oxygen atoms in total. The number of ketones is 1. The number of hydrogen-bond acceptors (Lipinski definition) is 2. The highest BCUT2D eigenvalue weighted by molar-refractivity contribution is 5.75. The van der Waals surface area contributed by atoms with Gasteiger partial charge >= 0.3 is 0 Å². The van der Waals surface area contributed by atoms with Gasteiger partial charge < -0.3 is 9.53 Å². The molecule has 0 aliphatic heterocycles. The maximum atomic E-state index is 10.8. The molecule has 1 saturated carbocycles. The molecule has 1 aliphatic rings. The molecule has 0 spiro atoms. The third kappa shape index (κ3) is 6.21. The third-order valence-electron chi connectivity index (χ3n) is 3.62. The van der Waals surface area contributed by atoms with Gasteiger partial charge in [-0.05, 0) is 50.4 Å². The van der Waals surface area contributed by atoms with Crippen LogP contribution >= 0.6 is 0 Å². The van der Waals surface area contributed by atoms with Crippen LogP contribution in [0.1, 0.15) is 66.2 Å². The van der Waals surface area contributed by atoms with Crippen molar-refractivity contribution in [3.63, 3.8) is 0 Å². The lowest BCUT2D eigenvalue weighted by molar-refractivity contribution is -0.117. The smallest absolute Gasteiger partial charge is 0.129 e. The molecule has 0 aromatic carbocycles. The van der Waals surface area contributed by atoms with Crippen LogP contribution < -0.4 is 0 Å². The van der Waals surface area contributed by atoms with Crippen molar-refractivity contribution in [2.45, 2.75) is 72.3 Å². The number of hydrogen-bond donors (Lipinski definition) is 0. The lowest BCUT2D eigenvalue weighted by Crippen LogP contribution is -2.32. The average molecular weight is 240 g/mol. The summed E-state index contributed by atoms with van der Waals surface area (Å²) in [5.74, 6) is 1.07. The van der Waals surface area contributed by atoms with Crippen LogP contribution in [0.25, 0.3) is 0 Å². The molecule has 0 bridgehead atoms. The van der Waals surface area contributed by atoms with Crippen molar-refractivity contribution in [1.29, 1.82) is 0 Å². The van der Waals surface area contributed by atoms with Crippen molar-refractivity contribution in [3.05, 3.63) is 0 Å². The summed E-state index contributed by atoms with van der Waals surface area (Å²) in [6.45, 7) is 9.49. The highest BCUT2D eigenvalue weighted by Gasteiger charge is 2.32. The van der Waals surface area contributed by atoms with Gasteiger partial charge in [0, 0.05) is 13.0 Å². The summed E-state index contributed by atoms with van der Waals surface area (Å²) < 4.78 is 5.96. The molecule has 0 N–H and O–H groups in total. The van der Waals surface area contributed by atoms with E-state index in [1.165, 1.54) is 19.3 Å². The van der Waals surface area contributed by atoms with Gasteiger partial charge in [0.2, 0.25) is 0 Å². The molecule has 0 heterocycles. The fourth-order valence-electron chi connectivity index (χ4n) is 3.11. The molecule has 2 heteroatoms. The first-order chi connectivity index (χ1) is 7.89. The normalized spacial score (nSPS) is 28.0. The van der Waals surface area contributed by atoms with Gasteiger partial charge in [-0.15, -0.1) is 0 Å². The Hall–Kier alpha value is -0.370. The maximum Gasteiger partial charge on any atom is 0.129 e. The van der Waals surface area contributed by atoms with Crippen molar-refractivity contribution in [3.8, 4) is 0 Å². The summed E-state index contributed by atoms with van der Waals surface area (Å²) in [7, 11) is 0. The quantitative estimate of drug-likeness (QED) is 0.656. The van der Waals surface area contributed by atoms with Gasteiger partial charge in [0.25, 0.3) is 0 Å². The fourth-order valence-corrected chi connectivity index (χ4v) is 3.11. The molecule has 2 unspecified atom stereocenters. The van der Waals surface area contributed by atoms with Crippen LogP contribution in [0.2, 0.25) is 0 Å². The van der Waals surface area contributed by atoms with Gasteiger partial charge in [0.05, 0.1) is 6.10 Å². The summed E-state index contributed by atoms with van der Waals surface area (Å²) in [6.07, 6.45) is 6.84. The van der Waals surface area contributed by atoms with E-state index < -0.39 is 0 Å². The number of carbonyl (C=O) groups is 1. The molecule has 0 saturated heterocycles.